The van der Waals surface area contributed by atoms with Crippen LogP contribution in [0.25, 0.3) is 10.2 Å². The molecule has 0 aliphatic rings. The van der Waals surface area contributed by atoms with Crippen LogP contribution in [0.4, 0.5) is 5.82 Å². The van der Waals surface area contributed by atoms with Gasteiger partial charge in [0, 0.05) is 38.2 Å². The summed E-state index contributed by atoms with van der Waals surface area (Å²) in [6.07, 6.45) is 1.76. The van der Waals surface area contributed by atoms with E-state index < -0.39 is 0 Å². The maximum absolute atomic E-state index is 12.5. The second-order valence-electron chi connectivity index (χ2n) is 7.03. The van der Waals surface area contributed by atoms with Crippen LogP contribution in [-0.4, -0.2) is 30.0 Å². The molecular formula is C23H22N4OS2. The number of nitrogens with one attached hydrogen (secondary N) is 1. The Morgan fingerprint density at radius 3 is 2.63 bits per heavy atom. The van der Waals surface area contributed by atoms with Gasteiger partial charge in [-0.25, -0.2) is 9.97 Å². The summed E-state index contributed by atoms with van der Waals surface area (Å²) >= 11 is 3.43. The van der Waals surface area contributed by atoms with Crippen LogP contribution in [-0.2, 0) is 12.3 Å². The molecule has 2 aromatic carbocycles. The molecule has 5 nitrogen and oxygen atoms in total. The molecule has 0 saturated heterocycles. The van der Waals surface area contributed by atoms with E-state index in [2.05, 4.69) is 21.4 Å². The maximum Gasteiger partial charge on any atom is 0.251 e. The van der Waals surface area contributed by atoms with Crippen LogP contribution in [0.1, 0.15) is 21.5 Å². The molecule has 0 radical (unpaired) electrons. The van der Waals surface area contributed by atoms with E-state index in [1.165, 1.54) is 10.3 Å². The lowest BCUT2D eigenvalue weighted by molar-refractivity contribution is 0.0951. The number of hydrogen-bond acceptors (Lipinski definition) is 6. The molecule has 0 unspecified atom stereocenters. The van der Waals surface area contributed by atoms with Gasteiger partial charge in [-0.2, -0.15) is 0 Å². The van der Waals surface area contributed by atoms with E-state index in [1.54, 1.807) is 29.3 Å². The van der Waals surface area contributed by atoms with Crippen molar-refractivity contribution in [2.45, 2.75) is 16.6 Å². The van der Waals surface area contributed by atoms with Gasteiger partial charge in [-0.15, -0.1) is 11.3 Å². The Labute approximate surface area is 184 Å². The Kier molecular flexibility index (Phi) is 6.30. The molecule has 2 aromatic heterocycles. The third kappa shape index (κ3) is 4.98. The zero-order valence-corrected chi connectivity index (χ0v) is 18.5. The van der Waals surface area contributed by atoms with Crippen molar-refractivity contribution in [1.82, 2.24) is 15.3 Å². The number of aromatic nitrogens is 2. The van der Waals surface area contributed by atoms with Crippen LogP contribution >= 0.6 is 23.1 Å². The number of carbonyl (C=O) groups excluding carboxylic acids is 1. The van der Waals surface area contributed by atoms with Gasteiger partial charge in [-0.05, 0) is 47.5 Å². The quantitative estimate of drug-likeness (QED) is 0.416. The summed E-state index contributed by atoms with van der Waals surface area (Å²) in [4.78, 5) is 23.4. The zero-order valence-electron chi connectivity index (χ0n) is 16.8. The van der Waals surface area contributed by atoms with Crippen molar-refractivity contribution in [3.63, 3.8) is 0 Å². The van der Waals surface area contributed by atoms with E-state index >= 15 is 0 Å². The lowest BCUT2D eigenvalue weighted by Crippen LogP contribution is -2.23. The Morgan fingerprint density at radius 1 is 1.07 bits per heavy atom. The number of rotatable bonds is 7. The summed E-state index contributed by atoms with van der Waals surface area (Å²) in [6.45, 7) is 0.470. The molecule has 30 heavy (non-hydrogen) atoms. The van der Waals surface area contributed by atoms with Crippen molar-refractivity contribution >= 4 is 45.0 Å². The number of thiazole rings is 1. The first kappa shape index (κ1) is 20.4. The Balaban J connectivity index is 1.32. The average molecular weight is 435 g/mol. The van der Waals surface area contributed by atoms with E-state index in [-0.39, 0.29) is 5.91 Å². The maximum atomic E-state index is 12.5. The van der Waals surface area contributed by atoms with Crippen molar-refractivity contribution in [2.75, 3.05) is 19.0 Å². The molecule has 4 rings (SSSR count). The van der Waals surface area contributed by atoms with Gasteiger partial charge in [-0.3, -0.25) is 4.79 Å². The summed E-state index contributed by atoms with van der Waals surface area (Å²) < 4.78 is 2.27. The number of pyridine rings is 1. The predicted octanol–water partition coefficient (Wildman–Crippen LogP) is 4.98. The van der Waals surface area contributed by atoms with Crippen LogP contribution in [0.5, 0.6) is 0 Å². The number of fused-ring (bicyclic) bond motifs is 1. The largest absolute Gasteiger partial charge is 0.363 e. The molecule has 0 fully saturated rings. The second-order valence-corrected chi connectivity index (χ2v) is 9.29. The Hall–Kier alpha value is -2.90. The summed E-state index contributed by atoms with van der Waals surface area (Å²) in [6, 6.07) is 19.8. The van der Waals surface area contributed by atoms with Gasteiger partial charge >= 0.3 is 0 Å². The van der Waals surface area contributed by atoms with E-state index in [0.717, 1.165) is 27.0 Å². The zero-order chi connectivity index (χ0) is 20.9. The molecule has 4 aromatic rings. The molecule has 0 aliphatic heterocycles. The number of amides is 1. The monoisotopic (exact) mass is 434 g/mol. The first-order valence-corrected chi connectivity index (χ1v) is 11.4. The van der Waals surface area contributed by atoms with Gasteiger partial charge in [0.05, 0.1) is 10.2 Å². The summed E-state index contributed by atoms with van der Waals surface area (Å²) in [7, 11) is 3.89. The molecule has 1 amide bonds. The minimum absolute atomic E-state index is 0.0800. The van der Waals surface area contributed by atoms with Crippen LogP contribution in [0.3, 0.4) is 0 Å². The minimum atomic E-state index is -0.0800. The third-order valence-electron chi connectivity index (χ3n) is 4.57. The molecule has 0 atom stereocenters. The van der Waals surface area contributed by atoms with Gasteiger partial charge in [0.2, 0.25) is 0 Å². The fourth-order valence-corrected chi connectivity index (χ4v) is 4.93. The van der Waals surface area contributed by atoms with E-state index in [4.69, 9.17) is 0 Å². The normalized spacial score (nSPS) is 10.9. The average Bonchev–Trinajstić information content (AvgIpc) is 3.19. The Morgan fingerprint density at radius 2 is 1.87 bits per heavy atom. The molecule has 1 N–H and O–H groups in total. The van der Waals surface area contributed by atoms with E-state index in [9.17, 15) is 4.79 Å². The SMILES string of the molecule is CN(C)c1cc(CNC(=O)c2ccc(CSc3nc4ccccc4s3)cc2)ccn1. The summed E-state index contributed by atoms with van der Waals surface area (Å²) in [5.74, 6) is 1.62. The molecular weight excluding hydrogens is 412 g/mol. The standard InChI is InChI=1S/C23H22N4OS2/c1-27(2)21-13-17(11-12-24-21)14-25-22(28)18-9-7-16(8-10-18)15-29-23-26-19-5-3-4-6-20(19)30-23/h3-13H,14-15H2,1-2H3,(H,25,28). The van der Waals surface area contributed by atoms with Gasteiger partial charge in [0.25, 0.3) is 5.91 Å². The Bertz CT molecular complexity index is 1120. The van der Waals surface area contributed by atoms with E-state index in [0.29, 0.717) is 12.1 Å². The molecule has 0 aliphatic carbocycles. The topological polar surface area (TPSA) is 58.1 Å². The predicted molar refractivity (Wildman–Crippen MR) is 125 cm³/mol. The number of benzene rings is 2. The first-order chi connectivity index (χ1) is 14.6. The molecule has 2 heterocycles. The van der Waals surface area contributed by atoms with Crippen molar-refractivity contribution in [2.24, 2.45) is 0 Å². The summed E-state index contributed by atoms with van der Waals surface area (Å²) in [5.41, 5.74) is 3.89. The van der Waals surface area contributed by atoms with Gasteiger partial charge in [0.1, 0.15) is 5.82 Å². The highest BCUT2D eigenvalue weighted by Crippen LogP contribution is 2.31. The fraction of sp³-hybridized carbons (Fsp3) is 0.174. The number of thioether (sulfide) groups is 1. The van der Waals surface area contributed by atoms with Crippen molar-refractivity contribution < 1.29 is 4.79 Å². The van der Waals surface area contributed by atoms with Gasteiger partial charge < -0.3 is 10.2 Å². The lowest BCUT2D eigenvalue weighted by atomic mass is 10.1. The molecule has 0 bridgehead atoms. The van der Waals surface area contributed by atoms with Gasteiger partial charge in [-0.1, -0.05) is 36.0 Å². The fourth-order valence-electron chi connectivity index (χ4n) is 2.91. The van der Waals surface area contributed by atoms with E-state index in [1.807, 2.05) is 73.6 Å². The minimum Gasteiger partial charge on any atom is -0.363 e. The smallest absolute Gasteiger partial charge is 0.251 e. The number of carbonyl (C=O) groups is 1. The molecule has 7 heteroatoms. The molecule has 152 valence electrons. The number of hydrogen-bond donors (Lipinski definition) is 1. The number of nitrogens with zero attached hydrogens (tertiary/aromatic N) is 3. The number of para-hydroxylation sites is 1. The lowest BCUT2D eigenvalue weighted by Gasteiger charge is -2.12. The van der Waals surface area contributed by atoms with Crippen molar-refractivity contribution in [1.29, 1.82) is 0 Å². The van der Waals surface area contributed by atoms with Gasteiger partial charge in [0.15, 0.2) is 4.34 Å². The van der Waals surface area contributed by atoms with Crippen LogP contribution in [0, 0.1) is 0 Å². The second kappa shape index (κ2) is 9.28. The van der Waals surface area contributed by atoms with Crippen molar-refractivity contribution in [3.8, 4) is 0 Å². The third-order valence-corrected chi connectivity index (χ3v) is 6.82. The highest BCUT2D eigenvalue weighted by atomic mass is 32.2. The first-order valence-electron chi connectivity index (χ1n) is 9.56. The highest BCUT2D eigenvalue weighted by molar-refractivity contribution is 8.00. The molecule has 0 spiro atoms. The highest BCUT2D eigenvalue weighted by Gasteiger charge is 2.08. The van der Waals surface area contributed by atoms with Crippen molar-refractivity contribution in [3.05, 3.63) is 83.6 Å². The van der Waals surface area contributed by atoms with Crippen LogP contribution < -0.4 is 10.2 Å². The molecule has 0 saturated carbocycles. The number of anilines is 1. The summed E-state index contributed by atoms with van der Waals surface area (Å²) in [5, 5.41) is 2.97. The van der Waals surface area contributed by atoms with Crippen LogP contribution in [0.2, 0.25) is 0 Å². The van der Waals surface area contributed by atoms with Crippen LogP contribution in [0.15, 0.2) is 71.2 Å².